The molecule has 0 aliphatic carbocycles. The van der Waals surface area contributed by atoms with E-state index in [2.05, 4.69) is 10.3 Å². The molecular weight excluding hydrogens is 724 g/mol. The largest absolute Gasteiger partial charge is 0.331 e. The minimum atomic E-state index is -0.615. The lowest BCUT2D eigenvalue weighted by molar-refractivity contribution is -0.141. The fourth-order valence-electron chi connectivity index (χ4n) is 4.05. The van der Waals surface area contributed by atoms with Gasteiger partial charge in [0.2, 0.25) is 11.6 Å². The van der Waals surface area contributed by atoms with Gasteiger partial charge in [0.15, 0.2) is 0 Å². The molecule has 4 rings (SSSR count). The van der Waals surface area contributed by atoms with Gasteiger partial charge in [-0.2, -0.15) is 0 Å². The molecule has 0 unspecified atom stereocenters. The summed E-state index contributed by atoms with van der Waals surface area (Å²) >= 11 is 16.4. The highest BCUT2D eigenvalue weighted by molar-refractivity contribution is 7.99. The molecule has 0 N–H and O–H groups in total. The molecule has 0 aliphatic heterocycles. The quantitative estimate of drug-likeness (QED) is 0.0363. The van der Waals surface area contributed by atoms with Crippen LogP contribution >= 0.6 is 58.5 Å². The van der Waals surface area contributed by atoms with Crippen molar-refractivity contribution in [1.82, 2.24) is 0 Å². The van der Waals surface area contributed by atoms with Gasteiger partial charge in [-0.25, -0.2) is 9.59 Å². The van der Waals surface area contributed by atoms with Gasteiger partial charge < -0.3 is 9.68 Å². The predicted molar refractivity (Wildman–Crippen MR) is 198 cm³/mol. The lowest BCUT2D eigenvalue weighted by Crippen LogP contribution is -2.16. The minimum Gasteiger partial charge on any atom is -0.318 e. The minimum absolute atomic E-state index is 0.137. The van der Waals surface area contributed by atoms with Gasteiger partial charge in [-0.15, -0.1) is 23.5 Å². The van der Waals surface area contributed by atoms with Gasteiger partial charge in [-0.3, -0.25) is 9.59 Å². The lowest BCUT2D eigenvalue weighted by atomic mass is 10.1. The van der Waals surface area contributed by atoms with E-state index in [1.165, 1.54) is 49.1 Å². The molecule has 0 spiro atoms. The number of hydrogen-bond acceptors (Lipinski definition) is 11. The van der Waals surface area contributed by atoms with E-state index < -0.39 is 11.9 Å². The summed E-state index contributed by atoms with van der Waals surface area (Å²) in [5.74, 6) is -0.823. The van der Waals surface area contributed by atoms with Crippen LogP contribution in [0.3, 0.4) is 0 Å². The highest BCUT2D eigenvalue weighted by Crippen LogP contribution is 2.29. The molecule has 0 bridgehead atoms. The van der Waals surface area contributed by atoms with E-state index in [0.717, 1.165) is 19.6 Å². The van der Waals surface area contributed by atoms with Gasteiger partial charge in [-0.05, 0) is 97.1 Å². The van der Waals surface area contributed by atoms with Gasteiger partial charge in [-0.1, -0.05) is 45.3 Å². The highest BCUT2D eigenvalue weighted by Gasteiger charge is 2.18. The van der Waals surface area contributed by atoms with Crippen LogP contribution < -0.4 is 0 Å². The molecule has 0 aliphatic rings. The molecule has 0 atom stereocenters. The van der Waals surface area contributed by atoms with E-state index >= 15 is 0 Å². The number of halogens is 2. The van der Waals surface area contributed by atoms with E-state index in [-0.39, 0.29) is 35.8 Å². The molecule has 49 heavy (non-hydrogen) atoms. The van der Waals surface area contributed by atoms with Gasteiger partial charge in [0.05, 0.1) is 0 Å². The van der Waals surface area contributed by atoms with Crippen molar-refractivity contribution < 1.29 is 28.9 Å². The fourth-order valence-corrected chi connectivity index (χ4v) is 6.84. The number of carbonyl (C=O) groups excluding carboxylic acids is 4. The summed E-state index contributed by atoms with van der Waals surface area (Å²) in [7, 11) is 0. The molecule has 8 nitrogen and oxygen atoms in total. The molecule has 13 heteroatoms. The smallest absolute Gasteiger partial charge is 0.318 e. The number of hydrogen-bond donors (Lipinski definition) is 0. The summed E-state index contributed by atoms with van der Waals surface area (Å²) in [4.78, 5) is 62.7. The van der Waals surface area contributed by atoms with Crippen molar-refractivity contribution in [2.45, 2.75) is 46.3 Å². The number of rotatable bonds is 16. The fraction of sp³-hybridized carbons (Fsp3) is 0.167. The maximum Gasteiger partial charge on any atom is 0.331 e. The number of ketones is 2. The number of benzene rings is 4. The van der Waals surface area contributed by atoms with Crippen LogP contribution in [0.25, 0.3) is 0 Å². The van der Waals surface area contributed by atoms with Crippen molar-refractivity contribution in [2.75, 3.05) is 11.5 Å². The van der Waals surface area contributed by atoms with Crippen LogP contribution in [0.4, 0.5) is 0 Å². The molecular formula is C36H30Cl2N2O6S3. The number of Topliss-reactive ketones (excluding diaryl/α,β-unsaturated/α-hetero) is 2. The topological polar surface area (TPSA) is 111 Å². The van der Waals surface area contributed by atoms with Gasteiger partial charge >= 0.3 is 11.9 Å². The van der Waals surface area contributed by atoms with Gasteiger partial charge in [0.25, 0.3) is 0 Å². The SMILES string of the molecule is CC(=O)O/N=C(/CCSc1ccc(Cl)cc1)C(=O)c1ccc(Sc2ccc(C(=O)/C(CCSc3ccc(Cl)cc3)=N/OC(C)=O)cc2)cc1. The van der Waals surface area contributed by atoms with Crippen molar-refractivity contribution in [3.8, 4) is 0 Å². The third kappa shape index (κ3) is 12.8. The number of thioether (sulfide) groups is 2. The van der Waals surface area contributed by atoms with Gasteiger partial charge in [0, 0.05) is 78.9 Å². The Balaban J connectivity index is 1.37. The van der Waals surface area contributed by atoms with Crippen molar-refractivity contribution in [2.24, 2.45) is 10.3 Å². The molecule has 4 aromatic carbocycles. The first-order valence-electron chi connectivity index (χ1n) is 14.8. The summed E-state index contributed by atoms with van der Waals surface area (Å²) in [5, 5.41) is 8.95. The Morgan fingerprint density at radius 2 is 0.857 bits per heavy atom. The van der Waals surface area contributed by atoms with Crippen LogP contribution in [-0.4, -0.2) is 46.4 Å². The average Bonchev–Trinajstić information content (AvgIpc) is 3.09. The monoisotopic (exact) mass is 752 g/mol. The summed E-state index contributed by atoms with van der Waals surface area (Å²) in [6, 6.07) is 28.7. The third-order valence-electron chi connectivity index (χ3n) is 6.40. The first kappa shape index (κ1) is 37.9. The Kier molecular flexibility index (Phi) is 15.0. The maximum atomic E-state index is 13.3. The van der Waals surface area contributed by atoms with E-state index in [0.29, 0.717) is 32.7 Å². The average molecular weight is 754 g/mol. The second-order valence-corrected chi connectivity index (χ2v) is 14.5. The molecule has 0 saturated carbocycles. The van der Waals surface area contributed by atoms with Crippen LogP contribution in [0.15, 0.2) is 127 Å². The number of carbonyl (C=O) groups is 4. The van der Waals surface area contributed by atoms with Crippen molar-refractivity contribution >= 4 is 93.4 Å². The first-order valence-corrected chi connectivity index (χ1v) is 18.3. The summed E-state index contributed by atoms with van der Waals surface area (Å²) in [6.45, 7) is 2.45. The number of nitrogens with zero attached hydrogens (tertiary/aromatic N) is 2. The number of oxime groups is 2. The van der Waals surface area contributed by atoms with Crippen LogP contribution in [-0.2, 0) is 19.3 Å². The summed E-state index contributed by atoms with van der Waals surface area (Å²) < 4.78 is 0. The van der Waals surface area contributed by atoms with E-state index in [4.69, 9.17) is 32.9 Å². The van der Waals surface area contributed by atoms with Crippen molar-refractivity contribution in [3.63, 3.8) is 0 Å². The predicted octanol–water partition coefficient (Wildman–Crippen LogP) is 9.71. The van der Waals surface area contributed by atoms with E-state index in [9.17, 15) is 19.2 Å². The van der Waals surface area contributed by atoms with Crippen LogP contribution in [0.2, 0.25) is 10.0 Å². The standard InChI is InChI=1S/C36H30Cl2N2O6S3/c1-23(41)45-39-33(19-21-47-29-15-7-27(37)8-16-29)35(43)25-3-11-31(12-4-25)49-32-13-5-26(6-14-32)36(44)34(40-46-24(2)42)20-22-48-30-17-9-28(38)10-18-30/h3-18H,19-22H2,1-2H3/b39-33-,40-34+. The molecule has 0 amide bonds. The molecule has 4 aromatic rings. The van der Waals surface area contributed by atoms with Crippen molar-refractivity contribution in [1.29, 1.82) is 0 Å². The molecule has 252 valence electrons. The Labute approximate surface area is 307 Å². The van der Waals surface area contributed by atoms with Crippen LogP contribution in [0.1, 0.15) is 47.4 Å². The second kappa shape index (κ2) is 19.4. The molecule has 0 heterocycles. The van der Waals surface area contributed by atoms with Crippen LogP contribution in [0.5, 0.6) is 0 Å². The zero-order valence-electron chi connectivity index (χ0n) is 26.4. The lowest BCUT2D eigenvalue weighted by Gasteiger charge is -2.08. The summed E-state index contributed by atoms with van der Waals surface area (Å²) in [6.07, 6.45) is 0.574. The van der Waals surface area contributed by atoms with E-state index in [1.807, 2.05) is 48.5 Å². The molecule has 0 fully saturated rings. The Morgan fingerprint density at radius 1 is 0.531 bits per heavy atom. The van der Waals surface area contributed by atoms with E-state index in [1.54, 1.807) is 48.5 Å². The first-order chi connectivity index (χ1) is 23.6. The van der Waals surface area contributed by atoms with Crippen LogP contribution in [0, 0.1) is 0 Å². The maximum absolute atomic E-state index is 13.3. The Morgan fingerprint density at radius 3 is 1.18 bits per heavy atom. The zero-order valence-corrected chi connectivity index (χ0v) is 30.4. The Hall–Kier alpha value is -3.87. The zero-order chi connectivity index (χ0) is 35.2. The van der Waals surface area contributed by atoms with Gasteiger partial charge in [0.1, 0.15) is 11.4 Å². The molecule has 0 aromatic heterocycles. The van der Waals surface area contributed by atoms with Crippen molar-refractivity contribution in [3.05, 3.63) is 118 Å². The summed E-state index contributed by atoms with van der Waals surface area (Å²) in [5.41, 5.74) is 1.08. The second-order valence-electron chi connectivity index (χ2n) is 10.2. The normalized spacial score (nSPS) is 11.6. The third-order valence-corrected chi connectivity index (χ3v) is 9.95. The molecule has 0 saturated heterocycles. The highest BCUT2D eigenvalue weighted by atomic mass is 35.5. The molecule has 0 radical (unpaired) electrons. The Bertz CT molecular complexity index is 1700.